The van der Waals surface area contributed by atoms with Gasteiger partial charge in [0.2, 0.25) is 0 Å². The molecule has 0 radical (unpaired) electrons. The van der Waals surface area contributed by atoms with Gasteiger partial charge in [0.15, 0.2) is 11.8 Å². The zero-order valence-corrected chi connectivity index (χ0v) is 18.0. The first-order valence-corrected chi connectivity index (χ1v) is 8.71. The van der Waals surface area contributed by atoms with Gasteiger partial charge < -0.3 is 15.2 Å². The molecule has 0 bridgehead atoms. The number of hydrogen-bond donors (Lipinski definition) is 2. The normalized spacial score (nSPS) is 11.2. The lowest BCUT2D eigenvalue weighted by Gasteiger charge is -2.12. The molecule has 8 heteroatoms. The summed E-state index contributed by atoms with van der Waals surface area (Å²) in [4.78, 5) is 4.60. The van der Waals surface area contributed by atoms with Crippen LogP contribution in [0.3, 0.4) is 0 Å². The summed E-state index contributed by atoms with van der Waals surface area (Å²) in [5, 5.41) is 14.8. The van der Waals surface area contributed by atoms with E-state index in [1.54, 1.807) is 12.1 Å². The summed E-state index contributed by atoms with van der Waals surface area (Å²) < 4.78 is 14.9. The number of aromatic nitrogens is 3. The Labute approximate surface area is 171 Å². The first-order valence-electron chi connectivity index (χ1n) is 8.71. The highest BCUT2D eigenvalue weighted by atomic mass is 127. The number of halogens is 2. The third-order valence-corrected chi connectivity index (χ3v) is 4.00. The fourth-order valence-electron chi connectivity index (χ4n) is 2.27. The maximum absolute atomic E-state index is 12.9. The monoisotopic (exact) mass is 474 g/mol. The number of nitrogens with zero attached hydrogens (tertiary/aromatic N) is 4. The molecule has 144 valence electrons. The standard InChI is InChI=1S/C18H27FN6.HI/c1-4-5-11-20-18(22-13-17-24-23-14(2)25(17)3)21-12-10-15-6-8-16(19)9-7-15;/h6-9H,4-5,10-13H2,1-3H3,(H2,20,21,22);1H. The Morgan fingerprint density at radius 2 is 1.85 bits per heavy atom. The molecule has 6 nitrogen and oxygen atoms in total. The zero-order chi connectivity index (χ0) is 18.1. The molecule has 0 atom stereocenters. The van der Waals surface area contributed by atoms with Gasteiger partial charge in [-0.25, -0.2) is 9.38 Å². The van der Waals surface area contributed by atoms with E-state index < -0.39 is 0 Å². The van der Waals surface area contributed by atoms with Gasteiger partial charge in [-0.3, -0.25) is 0 Å². The Morgan fingerprint density at radius 3 is 2.46 bits per heavy atom. The van der Waals surface area contributed by atoms with E-state index in [0.29, 0.717) is 6.54 Å². The summed E-state index contributed by atoms with van der Waals surface area (Å²) in [7, 11) is 1.94. The number of hydrogen-bond acceptors (Lipinski definition) is 3. The second kappa shape index (κ2) is 11.8. The fourth-order valence-corrected chi connectivity index (χ4v) is 2.27. The minimum Gasteiger partial charge on any atom is -0.356 e. The van der Waals surface area contributed by atoms with Crippen molar-refractivity contribution in [2.24, 2.45) is 12.0 Å². The predicted molar refractivity (Wildman–Crippen MR) is 113 cm³/mol. The molecule has 0 spiro atoms. The Kier molecular flexibility index (Phi) is 10.2. The van der Waals surface area contributed by atoms with Crippen molar-refractivity contribution in [1.82, 2.24) is 25.4 Å². The maximum Gasteiger partial charge on any atom is 0.191 e. The van der Waals surface area contributed by atoms with Gasteiger partial charge in [-0.2, -0.15) is 0 Å². The molecule has 0 saturated carbocycles. The van der Waals surface area contributed by atoms with E-state index in [0.717, 1.165) is 55.5 Å². The van der Waals surface area contributed by atoms with Crippen molar-refractivity contribution in [3.63, 3.8) is 0 Å². The minimum atomic E-state index is -0.209. The van der Waals surface area contributed by atoms with Crippen LogP contribution in [-0.2, 0) is 20.0 Å². The van der Waals surface area contributed by atoms with E-state index in [4.69, 9.17) is 0 Å². The van der Waals surface area contributed by atoms with Crippen molar-refractivity contribution in [3.05, 3.63) is 47.3 Å². The molecule has 1 heterocycles. The zero-order valence-electron chi connectivity index (χ0n) is 15.6. The summed E-state index contributed by atoms with van der Waals surface area (Å²) in [5.74, 6) is 2.25. The van der Waals surface area contributed by atoms with Crippen LogP contribution in [0.2, 0.25) is 0 Å². The number of nitrogens with one attached hydrogen (secondary N) is 2. The van der Waals surface area contributed by atoms with Crippen LogP contribution >= 0.6 is 24.0 Å². The predicted octanol–water partition coefficient (Wildman–Crippen LogP) is 2.96. The Morgan fingerprint density at radius 1 is 1.15 bits per heavy atom. The quantitative estimate of drug-likeness (QED) is 0.267. The molecular weight excluding hydrogens is 446 g/mol. The lowest BCUT2D eigenvalue weighted by Crippen LogP contribution is -2.39. The third-order valence-electron chi connectivity index (χ3n) is 4.00. The van der Waals surface area contributed by atoms with Crippen LogP contribution in [0.4, 0.5) is 4.39 Å². The number of aliphatic imine (C=N–C) groups is 1. The number of aryl methyl sites for hydroxylation is 1. The number of guanidine groups is 1. The van der Waals surface area contributed by atoms with Gasteiger partial charge in [0.05, 0.1) is 0 Å². The van der Waals surface area contributed by atoms with E-state index in [2.05, 4.69) is 32.7 Å². The molecule has 0 amide bonds. The summed E-state index contributed by atoms with van der Waals surface area (Å²) in [6.07, 6.45) is 3.01. The Hall–Kier alpha value is -1.71. The first kappa shape index (κ1) is 22.3. The van der Waals surface area contributed by atoms with Crippen LogP contribution in [-0.4, -0.2) is 33.8 Å². The van der Waals surface area contributed by atoms with Gasteiger partial charge >= 0.3 is 0 Å². The maximum atomic E-state index is 12.9. The number of rotatable bonds is 8. The second-order valence-corrected chi connectivity index (χ2v) is 5.97. The minimum absolute atomic E-state index is 0. The van der Waals surface area contributed by atoms with Crippen molar-refractivity contribution < 1.29 is 4.39 Å². The molecule has 1 aromatic carbocycles. The highest BCUT2D eigenvalue weighted by Gasteiger charge is 2.05. The van der Waals surface area contributed by atoms with Crippen LogP contribution in [0.5, 0.6) is 0 Å². The average molecular weight is 474 g/mol. The van der Waals surface area contributed by atoms with Gasteiger partial charge in [0.25, 0.3) is 0 Å². The lowest BCUT2D eigenvalue weighted by molar-refractivity contribution is 0.626. The molecule has 2 rings (SSSR count). The molecule has 2 aromatic rings. The third kappa shape index (κ3) is 7.27. The van der Waals surface area contributed by atoms with Gasteiger partial charge in [-0.15, -0.1) is 34.2 Å². The van der Waals surface area contributed by atoms with E-state index in [1.807, 2.05) is 18.5 Å². The van der Waals surface area contributed by atoms with E-state index in [1.165, 1.54) is 12.1 Å². The van der Waals surface area contributed by atoms with Gasteiger partial charge in [-0.1, -0.05) is 25.5 Å². The van der Waals surface area contributed by atoms with Crippen LogP contribution in [0, 0.1) is 12.7 Å². The number of benzene rings is 1. The molecule has 0 aliphatic rings. The molecule has 0 unspecified atom stereocenters. The van der Waals surface area contributed by atoms with Gasteiger partial charge in [0.1, 0.15) is 18.2 Å². The average Bonchev–Trinajstić information content (AvgIpc) is 2.93. The number of unbranched alkanes of at least 4 members (excludes halogenated alkanes) is 1. The molecule has 0 fully saturated rings. The molecule has 0 aliphatic carbocycles. The summed E-state index contributed by atoms with van der Waals surface area (Å²) in [5.41, 5.74) is 1.09. The van der Waals surface area contributed by atoms with Gasteiger partial charge in [-0.05, 0) is 37.5 Å². The summed E-state index contributed by atoms with van der Waals surface area (Å²) in [6.45, 7) is 6.14. The highest BCUT2D eigenvalue weighted by Crippen LogP contribution is 2.03. The van der Waals surface area contributed by atoms with E-state index in [9.17, 15) is 4.39 Å². The molecular formula is C18H28FIN6. The van der Waals surface area contributed by atoms with Gasteiger partial charge in [0, 0.05) is 20.1 Å². The van der Waals surface area contributed by atoms with Crippen LogP contribution in [0.1, 0.15) is 37.0 Å². The summed E-state index contributed by atoms with van der Waals surface area (Å²) in [6, 6.07) is 6.59. The van der Waals surface area contributed by atoms with Crippen molar-refractivity contribution in [2.75, 3.05) is 13.1 Å². The first-order chi connectivity index (χ1) is 12.1. The Balaban J connectivity index is 0.00000338. The topological polar surface area (TPSA) is 67.1 Å². The fraction of sp³-hybridized carbons (Fsp3) is 0.500. The molecule has 0 saturated heterocycles. The molecule has 2 N–H and O–H groups in total. The van der Waals surface area contributed by atoms with Crippen molar-refractivity contribution in [1.29, 1.82) is 0 Å². The van der Waals surface area contributed by atoms with Crippen LogP contribution in [0.25, 0.3) is 0 Å². The Bertz CT molecular complexity index is 683. The molecule has 26 heavy (non-hydrogen) atoms. The van der Waals surface area contributed by atoms with Crippen molar-refractivity contribution >= 4 is 29.9 Å². The van der Waals surface area contributed by atoms with Crippen molar-refractivity contribution in [3.8, 4) is 0 Å². The van der Waals surface area contributed by atoms with Crippen molar-refractivity contribution in [2.45, 2.75) is 39.7 Å². The summed E-state index contributed by atoms with van der Waals surface area (Å²) >= 11 is 0. The smallest absolute Gasteiger partial charge is 0.191 e. The van der Waals surface area contributed by atoms with Crippen LogP contribution < -0.4 is 10.6 Å². The lowest BCUT2D eigenvalue weighted by atomic mass is 10.1. The SMILES string of the molecule is CCCCNC(=NCc1nnc(C)n1C)NCCc1ccc(F)cc1.I. The highest BCUT2D eigenvalue weighted by molar-refractivity contribution is 14.0. The van der Waals surface area contributed by atoms with E-state index >= 15 is 0 Å². The van der Waals surface area contributed by atoms with E-state index in [-0.39, 0.29) is 29.8 Å². The second-order valence-electron chi connectivity index (χ2n) is 5.97. The largest absolute Gasteiger partial charge is 0.356 e. The van der Waals surface area contributed by atoms with Crippen LogP contribution in [0.15, 0.2) is 29.3 Å². The molecule has 0 aliphatic heterocycles. The molecule has 1 aromatic heterocycles.